The molecule has 0 aliphatic carbocycles. The van der Waals surface area contributed by atoms with E-state index in [1.165, 1.54) is 0 Å². The van der Waals surface area contributed by atoms with Crippen molar-refractivity contribution in [1.29, 1.82) is 0 Å². The maximum atomic E-state index is 12.5. The van der Waals surface area contributed by atoms with E-state index in [0.29, 0.717) is 12.1 Å². The SMILES string of the molecule is NCc1cc(F)c(F)cc1C(F)F. The van der Waals surface area contributed by atoms with E-state index in [2.05, 4.69) is 0 Å². The lowest BCUT2D eigenvalue weighted by molar-refractivity contribution is 0.149. The summed E-state index contributed by atoms with van der Waals surface area (Å²) in [6, 6.07) is 1.17. The first-order chi connectivity index (χ1) is 6.06. The van der Waals surface area contributed by atoms with Crippen LogP contribution in [-0.2, 0) is 6.54 Å². The van der Waals surface area contributed by atoms with E-state index < -0.39 is 23.6 Å². The third-order valence-electron chi connectivity index (χ3n) is 1.64. The minimum atomic E-state index is -2.84. The molecule has 0 aliphatic heterocycles. The molecule has 0 aromatic heterocycles. The smallest absolute Gasteiger partial charge is 0.264 e. The van der Waals surface area contributed by atoms with Gasteiger partial charge >= 0.3 is 0 Å². The lowest BCUT2D eigenvalue weighted by atomic mass is 10.1. The number of hydrogen-bond acceptors (Lipinski definition) is 1. The Labute approximate surface area is 72.2 Å². The molecule has 0 unspecified atom stereocenters. The predicted octanol–water partition coefficient (Wildman–Crippen LogP) is 2.36. The van der Waals surface area contributed by atoms with E-state index in [0.717, 1.165) is 0 Å². The second-order valence-corrected chi connectivity index (χ2v) is 2.47. The van der Waals surface area contributed by atoms with Crippen LogP contribution in [0.5, 0.6) is 0 Å². The second kappa shape index (κ2) is 3.74. The first-order valence-electron chi connectivity index (χ1n) is 3.52. The molecule has 1 nitrogen and oxygen atoms in total. The standard InChI is InChI=1S/C8H7F4N/c9-6-1-4(3-13)5(8(11)12)2-7(6)10/h1-2,8H,3,13H2. The zero-order valence-corrected chi connectivity index (χ0v) is 6.53. The molecular formula is C8H7F4N. The number of rotatable bonds is 2. The number of halogens is 4. The highest BCUT2D eigenvalue weighted by Gasteiger charge is 2.15. The molecule has 1 rings (SSSR count). The monoisotopic (exact) mass is 193 g/mol. The van der Waals surface area contributed by atoms with Gasteiger partial charge in [0, 0.05) is 12.1 Å². The van der Waals surface area contributed by atoms with Gasteiger partial charge in [-0.15, -0.1) is 0 Å². The van der Waals surface area contributed by atoms with E-state index in [1.54, 1.807) is 0 Å². The van der Waals surface area contributed by atoms with Gasteiger partial charge in [-0.1, -0.05) is 0 Å². The summed E-state index contributed by atoms with van der Waals surface area (Å²) in [7, 11) is 0. The summed E-state index contributed by atoms with van der Waals surface area (Å²) >= 11 is 0. The maximum absolute atomic E-state index is 12.5. The molecule has 13 heavy (non-hydrogen) atoms. The van der Waals surface area contributed by atoms with Crippen LogP contribution >= 0.6 is 0 Å². The van der Waals surface area contributed by atoms with Crippen molar-refractivity contribution in [2.45, 2.75) is 13.0 Å². The van der Waals surface area contributed by atoms with Crippen LogP contribution in [0.4, 0.5) is 17.6 Å². The van der Waals surface area contributed by atoms with Crippen molar-refractivity contribution in [3.8, 4) is 0 Å². The molecule has 0 amide bonds. The molecule has 0 radical (unpaired) electrons. The average Bonchev–Trinajstić information content (AvgIpc) is 2.08. The van der Waals surface area contributed by atoms with Crippen LogP contribution in [0.15, 0.2) is 12.1 Å². The van der Waals surface area contributed by atoms with Crippen molar-refractivity contribution in [2.24, 2.45) is 5.73 Å². The molecule has 72 valence electrons. The highest BCUT2D eigenvalue weighted by Crippen LogP contribution is 2.24. The summed E-state index contributed by atoms with van der Waals surface area (Å²) in [6.45, 7) is -0.239. The number of hydrogen-bond donors (Lipinski definition) is 1. The van der Waals surface area contributed by atoms with Crippen LogP contribution in [0, 0.1) is 11.6 Å². The van der Waals surface area contributed by atoms with E-state index in [4.69, 9.17) is 5.73 Å². The number of alkyl halides is 2. The summed E-state index contributed by atoms with van der Waals surface area (Å²) in [5, 5.41) is 0. The Balaban J connectivity index is 3.25. The molecule has 2 N–H and O–H groups in total. The van der Waals surface area contributed by atoms with Crippen molar-refractivity contribution < 1.29 is 17.6 Å². The van der Waals surface area contributed by atoms with E-state index in [1.807, 2.05) is 0 Å². The molecule has 0 saturated carbocycles. The van der Waals surface area contributed by atoms with Gasteiger partial charge in [0.15, 0.2) is 11.6 Å². The van der Waals surface area contributed by atoms with Crippen LogP contribution in [0.3, 0.4) is 0 Å². The van der Waals surface area contributed by atoms with Gasteiger partial charge < -0.3 is 5.73 Å². The van der Waals surface area contributed by atoms with Crippen LogP contribution in [0.25, 0.3) is 0 Å². The highest BCUT2D eigenvalue weighted by molar-refractivity contribution is 5.29. The fourth-order valence-electron chi connectivity index (χ4n) is 0.983. The summed E-state index contributed by atoms with van der Waals surface area (Å²) in [6.07, 6.45) is -2.84. The summed E-state index contributed by atoms with van der Waals surface area (Å²) in [4.78, 5) is 0. The zero-order valence-electron chi connectivity index (χ0n) is 6.53. The maximum Gasteiger partial charge on any atom is 0.264 e. The molecule has 0 heterocycles. The Hall–Kier alpha value is -1.10. The summed E-state index contributed by atoms with van der Waals surface area (Å²) in [5.74, 6) is -2.45. The largest absolute Gasteiger partial charge is 0.326 e. The van der Waals surface area contributed by atoms with Gasteiger partial charge in [0.05, 0.1) is 0 Å². The second-order valence-electron chi connectivity index (χ2n) is 2.47. The van der Waals surface area contributed by atoms with E-state index >= 15 is 0 Å². The van der Waals surface area contributed by atoms with Gasteiger partial charge in [-0.25, -0.2) is 17.6 Å². The molecule has 0 fully saturated rings. The Morgan fingerprint density at radius 2 is 1.69 bits per heavy atom. The normalized spacial score (nSPS) is 10.9. The van der Waals surface area contributed by atoms with E-state index in [-0.39, 0.29) is 12.1 Å². The first-order valence-corrected chi connectivity index (χ1v) is 3.52. The zero-order chi connectivity index (χ0) is 10.0. The van der Waals surface area contributed by atoms with Crippen molar-refractivity contribution in [3.63, 3.8) is 0 Å². The van der Waals surface area contributed by atoms with Gasteiger partial charge in [-0.3, -0.25) is 0 Å². The molecule has 0 bridgehead atoms. The third-order valence-corrected chi connectivity index (χ3v) is 1.64. The quantitative estimate of drug-likeness (QED) is 0.717. The van der Waals surface area contributed by atoms with Gasteiger partial charge in [-0.2, -0.15) is 0 Å². The Morgan fingerprint density at radius 1 is 1.15 bits per heavy atom. The first kappa shape index (κ1) is 9.98. The summed E-state index contributed by atoms with van der Waals surface area (Å²) in [5.41, 5.74) is 4.46. The van der Waals surface area contributed by atoms with E-state index in [9.17, 15) is 17.6 Å². The molecule has 1 aromatic rings. The fraction of sp³-hybridized carbons (Fsp3) is 0.250. The average molecular weight is 193 g/mol. The number of benzene rings is 1. The lowest BCUT2D eigenvalue weighted by Crippen LogP contribution is -2.04. The molecule has 0 saturated heterocycles. The van der Waals surface area contributed by atoms with Crippen LogP contribution in [0.1, 0.15) is 17.6 Å². The highest BCUT2D eigenvalue weighted by atomic mass is 19.3. The third kappa shape index (κ3) is 1.98. The Morgan fingerprint density at radius 3 is 2.15 bits per heavy atom. The van der Waals surface area contributed by atoms with Crippen molar-refractivity contribution in [2.75, 3.05) is 0 Å². The van der Waals surface area contributed by atoms with Gasteiger partial charge in [-0.05, 0) is 17.7 Å². The minimum Gasteiger partial charge on any atom is -0.326 e. The molecule has 0 aliphatic rings. The van der Waals surface area contributed by atoms with Gasteiger partial charge in [0.1, 0.15) is 0 Å². The van der Waals surface area contributed by atoms with Crippen LogP contribution < -0.4 is 5.73 Å². The van der Waals surface area contributed by atoms with Crippen LogP contribution in [-0.4, -0.2) is 0 Å². The fourth-order valence-corrected chi connectivity index (χ4v) is 0.983. The lowest BCUT2D eigenvalue weighted by Gasteiger charge is -2.06. The van der Waals surface area contributed by atoms with Gasteiger partial charge in [0.25, 0.3) is 6.43 Å². The van der Waals surface area contributed by atoms with Crippen LogP contribution in [0.2, 0.25) is 0 Å². The molecule has 1 aromatic carbocycles. The summed E-state index contributed by atoms with van der Waals surface area (Å²) < 4.78 is 49.4. The van der Waals surface area contributed by atoms with Crippen molar-refractivity contribution in [1.82, 2.24) is 0 Å². The minimum absolute atomic E-state index is 0.0751. The molecule has 0 spiro atoms. The predicted molar refractivity (Wildman–Crippen MR) is 39.2 cm³/mol. The molecular weight excluding hydrogens is 186 g/mol. The Bertz CT molecular complexity index is 311. The number of nitrogens with two attached hydrogens (primary N) is 1. The molecule has 0 atom stereocenters. The Kier molecular flexibility index (Phi) is 2.87. The molecule has 5 heteroatoms. The topological polar surface area (TPSA) is 26.0 Å². The van der Waals surface area contributed by atoms with Gasteiger partial charge in [0.2, 0.25) is 0 Å². The van der Waals surface area contributed by atoms with Crippen molar-refractivity contribution >= 4 is 0 Å². The van der Waals surface area contributed by atoms with Crippen molar-refractivity contribution in [3.05, 3.63) is 34.9 Å².